The van der Waals surface area contributed by atoms with Gasteiger partial charge in [0.1, 0.15) is 5.75 Å². The van der Waals surface area contributed by atoms with Crippen LogP contribution in [0.4, 0.5) is 5.69 Å². The Balaban J connectivity index is 1.36. The third-order valence-corrected chi connectivity index (χ3v) is 4.78. The van der Waals surface area contributed by atoms with Crippen LogP contribution >= 0.6 is 15.9 Å². The summed E-state index contributed by atoms with van der Waals surface area (Å²) in [5.41, 5.74) is 1.12. The monoisotopic (exact) mass is 402 g/mol. The standard InChI is InChI=1S/C20H23BrN2O2/c21-16-6-4-9-19(14-16)25-13-5-10-20(24)23-12-11-18(15-23)22-17-7-2-1-3-8-17/h1-4,6-9,14,18,22H,5,10-13,15H2. The maximum absolute atomic E-state index is 12.3. The second-order valence-electron chi connectivity index (χ2n) is 6.25. The van der Waals surface area contributed by atoms with E-state index in [2.05, 4.69) is 33.4 Å². The molecule has 1 saturated heterocycles. The zero-order chi connectivity index (χ0) is 17.5. The summed E-state index contributed by atoms with van der Waals surface area (Å²) >= 11 is 3.42. The Labute approximate surface area is 157 Å². The molecule has 1 atom stereocenters. The SMILES string of the molecule is O=C(CCCOc1cccc(Br)c1)N1CCC(Nc2ccccc2)C1. The summed E-state index contributed by atoms with van der Waals surface area (Å²) in [4.78, 5) is 14.3. The molecule has 1 aliphatic heterocycles. The lowest BCUT2D eigenvalue weighted by atomic mass is 10.2. The Morgan fingerprint density at radius 3 is 2.84 bits per heavy atom. The van der Waals surface area contributed by atoms with E-state index >= 15 is 0 Å². The molecule has 1 heterocycles. The molecule has 5 heteroatoms. The number of hydrogen-bond acceptors (Lipinski definition) is 3. The maximum Gasteiger partial charge on any atom is 0.222 e. The predicted molar refractivity (Wildman–Crippen MR) is 104 cm³/mol. The molecule has 0 aromatic heterocycles. The zero-order valence-electron chi connectivity index (χ0n) is 14.2. The molecule has 25 heavy (non-hydrogen) atoms. The molecule has 1 aliphatic rings. The molecular formula is C20H23BrN2O2. The molecule has 3 rings (SSSR count). The molecule has 0 aliphatic carbocycles. The molecule has 1 N–H and O–H groups in total. The van der Waals surface area contributed by atoms with Crippen molar-refractivity contribution in [3.63, 3.8) is 0 Å². The van der Waals surface area contributed by atoms with Gasteiger partial charge >= 0.3 is 0 Å². The normalized spacial score (nSPS) is 16.7. The van der Waals surface area contributed by atoms with E-state index in [1.54, 1.807) is 0 Å². The summed E-state index contributed by atoms with van der Waals surface area (Å²) in [6.45, 7) is 2.16. The third-order valence-electron chi connectivity index (χ3n) is 4.29. The summed E-state index contributed by atoms with van der Waals surface area (Å²) in [5.74, 6) is 1.05. The number of ether oxygens (including phenoxy) is 1. The number of nitrogens with zero attached hydrogens (tertiary/aromatic N) is 1. The highest BCUT2D eigenvalue weighted by molar-refractivity contribution is 9.10. The number of rotatable bonds is 7. The average Bonchev–Trinajstić information content (AvgIpc) is 3.08. The van der Waals surface area contributed by atoms with Gasteiger partial charge in [0.05, 0.1) is 6.61 Å². The number of carbonyl (C=O) groups excluding carboxylic acids is 1. The first-order chi connectivity index (χ1) is 12.2. The van der Waals surface area contributed by atoms with Crippen LogP contribution in [0.15, 0.2) is 59.1 Å². The molecule has 4 nitrogen and oxygen atoms in total. The quantitative estimate of drug-likeness (QED) is 0.701. The third kappa shape index (κ3) is 5.49. The van der Waals surface area contributed by atoms with Crippen molar-refractivity contribution >= 4 is 27.5 Å². The predicted octanol–water partition coefficient (Wildman–Crippen LogP) is 4.32. The number of halogens is 1. The fraction of sp³-hybridized carbons (Fsp3) is 0.350. The zero-order valence-corrected chi connectivity index (χ0v) is 15.7. The minimum Gasteiger partial charge on any atom is -0.494 e. The molecule has 0 bridgehead atoms. The van der Waals surface area contributed by atoms with Crippen molar-refractivity contribution in [1.82, 2.24) is 4.90 Å². The molecule has 1 amide bonds. The Morgan fingerprint density at radius 2 is 2.04 bits per heavy atom. The fourth-order valence-corrected chi connectivity index (χ4v) is 3.38. The molecule has 0 saturated carbocycles. The summed E-state index contributed by atoms with van der Waals surface area (Å²) in [6.07, 6.45) is 2.26. The van der Waals surface area contributed by atoms with E-state index in [4.69, 9.17) is 4.74 Å². The molecule has 1 fully saturated rings. The van der Waals surface area contributed by atoms with Gasteiger partial charge in [-0.25, -0.2) is 0 Å². The number of hydrogen-bond donors (Lipinski definition) is 1. The van der Waals surface area contributed by atoms with E-state index in [0.717, 1.165) is 41.8 Å². The highest BCUT2D eigenvalue weighted by atomic mass is 79.9. The van der Waals surface area contributed by atoms with Gasteiger partial charge in [-0.3, -0.25) is 4.79 Å². The van der Waals surface area contributed by atoms with Gasteiger partial charge < -0.3 is 15.0 Å². The lowest BCUT2D eigenvalue weighted by Gasteiger charge is -2.18. The number of benzene rings is 2. The van der Waals surface area contributed by atoms with Crippen molar-refractivity contribution < 1.29 is 9.53 Å². The smallest absolute Gasteiger partial charge is 0.222 e. The van der Waals surface area contributed by atoms with Crippen molar-refractivity contribution in [2.24, 2.45) is 0 Å². The van der Waals surface area contributed by atoms with Gasteiger partial charge in [-0.05, 0) is 43.2 Å². The number of nitrogens with one attached hydrogen (secondary N) is 1. The van der Waals surface area contributed by atoms with Crippen molar-refractivity contribution in [2.75, 3.05) is 25.0 Å². The van der Waals surface area contributed by atoms with Crippen LogP contribution in [0.2, 0.25) is 0 Å². The van der Waals surface area contributed by atoms with Crippen molar-refractivity contribution in [2.45, 2.75) is 25.3 Å². The van der Waals surface area contributed by atoms with Crippen molar-refractivity contribution in [1.29, 1.82) is 0 Å². The van der Waals surface area contributed by atoms with Crippen LogP contribution < -0.4 is 10.1 Å². The Hall–Kier alpha value is -2.01. The van der Waals surface area contributed by atoms with E-state index in [1.165, 1.54) is 0 Å². The lowest BCUT2D eigenvalue weighted by molar-refractivity contribution is -0.130. The van der Waals surface area contributed by atoms with Gasteiger partial charge in [-0.15, -0.1) is 0 Å². The van der Waals surface area contributed by atoms with Crippen molar-refractivity contribution in [3.05, 3.63) is 59.1 Å². The number of anilines is 1. The fourth-order valence-electron chi connectivity index (χ4n) is 3.00. The Bertz CT molecular complexity index is 693. The first-order valence-electron chi connectivity index (χ1n) is 8.68. The number of likely N-dealkylation sites (tertiary alicyclic amines) is 1. The topological polar surface area (TPSA) is 41.6 Å². The summed E-state index contributed by atoms with van der Waals surface area (Å²) in [6, 6.07) is 18.3. The molecule has 0 radical (unpaired) electrons. The van der Waals surface area contributed by atoms with Crippen LogP contribution in [0.3, 0.4) is 0 Å². The van der Waals surface area contributed by atoms with Gasteiger partial charge in [0.25, 0.3) is 0 Å². The summed E-state index contributed by atoms with van der Waals surface area (Å²) in [7, 11) is 0. The second-order valence-corrected chi connectivity index (χ2v) is 7.16. The molecule has 1 unspecified atom stereocenters. The van der Waals surface area contributed by atoms with Crippen LogP contribution in [-0.4, -0.2) is 36.5 Å². The van der Waals surface area contributed by atoms with E-state index in [0.29, 0.717) is 19.1 Å². The largest absolute Gasteiger partial charge is 0.494 e. The first-order valence-corrected chi connectivity index (χ1v) is 9.48. The summed E-state index contributed by atoms with van der Waals surface area (Å²) < 4.78 is 6.68. The highest BCUT2D eigenvalue weighted by Crippen LogP contribution is 2.19. The van der Waals surface area contributed by atoms with E-state index in [9.17, 15) is 4.79 Å². The molecule has 132 valence electrons. The highest BCUT2D eigenvalue weighted by Gasteiger charge is 2.25. The minimum atomic E-state index is 0.218. The molecule has 2 aromatic carbocycles. The van der Waals surface area contributed by atoms with E-state index < -0.39 is 0 Å². The number of carbonyl (C=O) groups is 1. The van der Waals surface area contributed by atoms with Crippen LogP contribution in [0.25, 0.3) is 0 Å². The molecule has 0 spiro atoms. The second kappa shape index (κ2) is 8.90. The number of para-hydroxylation sites is 1. The van der Waals surface area contributed by atoms with E-state index in [-0.39, 0.29) is 5.91 Å². The van der Waals surface area contributed by atoms with Gasteiger partial charge in [0.2, 0.25) is 5.91 Å². The minimum absolute atomic E-state index is 0.218. The molecule has 2 aromatic rings. The van der Waals surface area contributed by atoms with Crippen LogP contribution in [0.1, 0.15) is 19.3 Å². The van der Waals surface area contributed by atoms with Gasteiger partial charge in [0.15, 0.2) is 0 Å². The van der Waals surface area contributed by atoms with Crippen LogP contribution in [0, 0.1) is 0 Å². The Kier molecular flexibility index (Phi) is 6.34. The van der Waals surface area contributed by atoms with Crippen LogP contribution in [0.5, 0.6) is 5.75 Å². The first kappa shape index (κ1) is 17.8. The van der Waals surface area contributed by atoms with E-state index in [1.807, 2.05) is 47.4 Å². The number of amides is 1. The Morgan fingerprint density at radius 1 is 1.20 bits per heavy atom. The summed E-state index contributed by atoms with van der Waals surface area (Å²) in [5, 5.41) is 3.50. The van der Waals surface area contributed by atoms with Crippen molar-refractivity contribution in [3.8, 4) is 5.75 Å². The van der Waals surface area contributed by atoms with Gasteiger partial charge in [0, 0.05) is 35.7 Å². The maximum atomic E-state index is 12.3. The average molecular weight is 403 g/mol. The molecular weight excluding hydrogens is 380 g/mol. The van der Waals surface area contributed by atoms with Crippen LogP contribution in [-0.2, 0) is 4.79 Å². The van der Waals surface area contributed by atoms with Gasteiger partial charge in [-0.1, -0.05) is 40.2 Å². The van der Waals surface area contributed by atoms with Gasteiger partial charge in [-0.2, -0.15) is 0 Å². The lowest BCUT2D eigenvalue weighted by Crippen LogP contribution is -2.31.